The van der Waals surface area contributed by atoms with Crippen LogP contribution in [0.3, 0.4) is 0 Å². The lowest BCUT2D eigenvalue weighted by molar-refractivity contribution is -0.385. The fourth-order valence-corrected chi connectivity index (χ4v) is 0.935. The SMILES string of the molecule is CC(C)c1cc[c]c([N+](=O)[O-])c1. The van der Waals surface area contributed by atoms with Gasteiger partial charge in [-0.05, 0) is 17.5 Å². The number of hydrogen-bond donors (Lipinski definition) is 0. The van der Waals surface area contributed by atoms with Gasteiger partial charge in [0.25, 0.3) is 5.69 Å². The summed E-state index contributed by atoms with van der Waals surface area (Å²) >= 11 is 0. The summed E-state index contributed by atoms with van der Waals surface area (Å²) in [4.78, 5) is 9.93. The average molecular weight is 164 g/mol. The minimum Gasteiger partial charge on any atom is -0.258 e. The van der Waals surface area contributed by atoms with Crippen LogP contribution in [0.2, 0.25) is 0 Å². The molecular weight excluding hydrogens is 154 g/mol. The van der Waals surface area contributed by atoms with E-state index in [1.807, 2.05) is 19.9 Å². The molecule has 0 fully saturated rings. The zero-order chi connectivity index (χ0) is 9.14. The minimum atomic E-state index is -0.425. The van der Waals surface area contributed by atoms with Gasteiger partial charge < -0.3 is 0 Å². The minimum absolute atomic E-state index is 0.0428. The predicted octanol–water partition coefficient (Wildman–Crippen LogP) is 2.52. The van der Waals surface area contributed by atoms with Gasteiger partial charge in [-0.25, -0.2) is 0 Å². The Hall–Kier alpha value is -1.38. The van der Waals surface area contributed by atoms with Crippen molar-refractivity contribution in [2.24, 2.45) is 0 Å². The molecule has 12 heavy (non-hydrogen) atoms. The topological polar surface area (TPSA) is 43.1 Å². The molecule has 0 aromatic heterocycles. The van der Waals surface area contributed by atoms with E-state index in [4.69, 9.17) is 0 Å². The smallest absolute Gasteiger partial charge is 0.258 e. The molecule has 0 spiro atoms. The van der Waals surface area contributed by atoms with E-state index in [1.165, 1.54) is 0 Å². The molecule has 0 aliphatic rings. The van der Waals surface area contributed by atoms with Crippen LogP contribution < -0.4 is 0 Å². The van der Waals surface area contributed by atoms with Crippen molar-refractivity contribution in [1.82, 2.24) is 0 Å². The molecule has 0 unspecified atom stereocenters. The first-order valence-corrected chi connectivity index (χ1v) is 3.77. The molecule has 0 atom stereocenters. The molecule has 3 nitrogen and oxygen atoms in total. The molecule has 0 saturated carbocycles. The lowest BCUT2D eigenvalue weighted by Crippen LogP contribution is -1.91. The summed E-state index contributed by atoms with van der Waals surface area (Å²) in [5.74, 6) is 0.318. The molecule has 1 aromatic rings. The summed E-state index contributed by atoms with van der Waals surface area (Å²) in [6.07, 6.45) is 0. The van der Waals surface area contributed by atoms with Gasteiger partial charge >= 0.3 is 0 Å². The van der Waals surface area contributed by atoms with E-state index in [0.717, 1.165) is 5.56 Å². The van der Waals surface area contributed by atoms with Gasteiger partial charge in [-0.15, -0.1) is 0 Å². The highest BCUT2D eigenvalue weighted by Crippen LogP contribution is 2.18. The highest BCUT2D eigenvalue weighted by Gasteiger charge is 2.07. The van der Waals surface area contributed by atoms with E-state index in [9.17, 15) is 10.1 Å². The summed E-state index contributed by atoms with van der Waals surface area (Å²) in [6.45, 7) is 4.00. The van der Waals surface area contributed by atoms with E-state index in [0.29, 0.717) is 5.92 Å². The molecule has 0 heterocycles. The van der Waals surface area contributed by atoms with Gasteiger partial charge in [0.1, 0.15) is 0 Å². The van der Waals surface area contributed by atoms with Crippen LogP contribution in [0.4, 0.5) is 5.69 Å². The Morgan fingerprint density at radius 2 is 2.25 bits per heavy atom. The molecule has 0 amide bonds. The van der Waals surface area contributed by atoms with Crippen molar-refractivity contribution in [3.8, 4) is 0 Å². The van der Waals surface area contributed by atoms with E-state index < -0.39 is 4.92 Å². The van der Waals surface area contributed by atoms with Crippen molar-refractivity contribution in [2.45, 2.75) is 19.8 Å². The predicted molar refractivity (Wildman–Crippen MR) is 46.0 cm³/mol. The number of non-ortho nitro benzene ring substituents is 1. The Morgan fingerprint density at radius 1 is 1.58 bits per heavy atom. The first kappa shape index (κ1) is 8.71. The number of nitro groups is 1. The number of nitro benzene ring substituents is 1. The monoisotopic (exact) mass is 164 g/mol. The Kier molecular flexibility index (Phi) is 2.43. The van der Waals surface area contributed by atoms with E-state index in [2.05, 4.69) is 6.07 Å². The Balaban J connectivity index is 3.04. The maximum atomic E-state index is 10.4. The van der Waals surface area contributed by atoms with Crippen LogP contribution in [0.5, 0.6) is 0 Å². The first-order valence-electron chi connectivity index (χ1n) is 3.77. The Labute approximate surface area is 71.2 Å². The third-order valence-corrected chi connectivity index (χ3v) is 1.67. The summed E-state index contributed by atoms with van der Waals surface area (Å²) in [5, 5.41) is 10.4. The third kappa shape index (κ3) is 1.81. The van der Waals surface area contributed by atoms with Crippen molar-refractivity contribution < 1.29 is 4.92 Å². The van der Waals surface area contributed by atoms with Gasteiger partial charge in [0, 0.05) is 6.07 Å². The summed E-state index contributed by atoms with van der Waals surface area (Å²) in [5.41, 5.74) is 1.02. The zero-order valence-electron chi connectivity index (χ0n) is 7.07. The third-order valence-electron chi connectivity index (χ3n) is 1.67. The van der Waals surface area contributed by atoms with Crippen LogP contribution >= 0.6 is 0 Å². The molecule has 0 aliphatic heterocycles. The number of nitrogens with zero attached hydrogens (tertiary/aromatic N) is 1. The van der Waals surface area contributed by atoms with Crippen molar-refractivity contribution >= 4 is 5.69 Å². The normalized spacial score (nSPS) is 10.2. The standard InChI is InChI=1S/C9H10NO2/c1-7(2)8-4-3-5-9(6-8)10(11)12/h3-4,6-7H,1-2H3. The molecule has 0 aliphatic carbocycles. The molecule has 0 saturated heterocycles. The van der Waals surface area contributed by atoms with Crippen molar-refractivity contribution in [3.05, 3.63) is 39.9 Å². The second kappa shape index (κ2) is 3.34. The molecule has 1 aromatic carbocycles. The van der Waals surface area contributed by atoms with E-state index >= 15 is 0 Å². The molecule has 1 radical (unpaired) electrons. The van der Waals surface area contributed by atoms with Gasteiger partial charge in [0.05, 0.1) is 11.0 Å². The fraction of sp³-hybridized carbons (Fsp3) is 0.333. The van der Waals surface area contributed by atoms with Crippen molar-refractivity contribution in [1.29, 1.82) is 0 Å². The molecular formula is C9H10NO2. The lowest BCUT2D eigenvalue weighted by Gasteiger charge is -2.02. The number of rotatable bonds is 2. The second-order valence-corrected chi connectivity index (χ2v) is 2.92. The maximum Gasteiger partial charge on any atom is 0.277 e. The van der Waals surface area contributed by atoms with Gasteiger partial charge in [-0.1, -0.05) is 19.9 Å². The van der Waals surface area contributed by atoms with E-state index in [-0.39, 0.29) is 5.69 Å². The van der Waals surface area contributed by atoms with Crippen LogP contribution in [0.25, 0.3) is 0 Å². The molecule has 0 bridgehead atoms. The number of benzene rings is 1. The fourth-order valence-electron chi connectivity index (χ4n) is 0.935. The summed E-state index contributed by atoms with van der Waals surface area (Å²) < 4.78 is 0. The van der Waals surface area contributed by atoms with Crippen LogP contribution in [0.1, 0.15) is 25.3 Å². The average Bonchev–Trinajstić information content (AvgIpc) is 2.04. The van der Waals surface area contributed by atoms with Crippen molar-refractivity contribution in [3.63, 3.8) is 0 Å². The second-order valence-electron chi connectivity index (χ2n) is 2.92. The van der Waals surface area contributed by atoms with Gasteiger partial charge in [-0.3, -0.25) is 10.1 Å². The molecule has 0 N–H and O–H groups in total. The maximum absolute atomic E-state index is 10.4. The largest absolute Gasteiger partial charge is 0.277 e. The van der Waals surface area contributed by atoms with Crippen molar-refractivity contribution in [2.75, 3.05) is 0 Å². The van der Waals surface area contributed by atoms with Crippen LogP contribution in [0.15, 0.2) is 18.2 Å². The molecule has 3 heteroatoms. The first-order chi connectivity index (χ1) is 5.61. The Morgan fingerprint density at radius 3 is 2.75 bits per heavy atom. The number of hydrogen-bond acceptors (Lipinski definition) is 2. The van der Waals surface area contributed by atoms with Crippen LogP contribution in [-0.2, 0) is 0 Å². The van der Waals surface area contributed by atoms with E-state index in [1.54, 1.807) is 12.1 Å². The quantitative estimate of drug-likeness (QED) is 0.498. The molecule has 63 valence electrons. The molecule has 1 rings (SSSR count). The zero-order valence-corrected chi connectivity index (χ0v) is 7.07. The highest BCUT2D eigenvalue weighted by molar-refractivity contribution is 5.34. The van der Waals surface area contributed by atoms with Gasteiger partial charge in [0.2, 0.25) is 0 Å². The van der Waals surface area contributed by atoms with Crippen LogP contribution in [0, 0.1) is 16.2 Å². The summed E-state index contributed by atoms with van der Waals surface area (Å²) in [6, 6.07) is 7.56. The highest BCUT2D eigenvalue weighted by atomic mass is 16.6. The van der Waals surface area contributed by atoms with Crippen LogP contribution in [-0.4, -0.2) is 4.92 Å². The van der Waals surface area contributed by atoms with Gasteiger partial charge in [0.15, 0.2) is 0 Å². The van der Waals surface area contributed by atoms with Gasteiger partial charge in [-0.2, -0.15) is 0 Å². The lowest BCUT2D eigenvalue weighted by atomic mass is 10.0. The Bertz CT molecular complexity index is 294. The summed E-state index contributed by atoms with van der Waals surface area (Å²) in [7, 11) is 0.